The molecule has 0 atom stereocenters. The Hall–Kier alpha value is -2.48. The number of ether oxygens (including phenoxy) is 1. The molecule has 162 valence electrons. The molecular weight excluding hydrogens is 432 g/mol. The van der Waals surface area contributed by atoms with Crippen LogP contribution in [0.5, 0.6) is 5.75 Å². The van der Waals surface area contributed by atoms with Crippen LogP contribution in [0.2, 0.25) is 5.02 Å². The van der Waals surface area contributed by atoms with Gasteiger partial charge >= 0.3 is 0 Å². The molecule has 0 N–H and O–H groups in total. The summed E-state index contributed by atoms with van der Waals surface area (Å²) >= 11 is 11.6. The number of methoxy groups -OCH3 is 1. The van der Waals surface area contributed by atoms with E-state index in [0.717, 1.165) is 48.6 Å². The highest BCUT2D eigenvalue weighted by Gasteiger charge is 2.26. The first-order valence-corrected chi connectivity index (χ1v) is 11.1. The second-order valence-corrected chi connectivity index (χ2v) is 8.60. The summed E-state index contributed by atoms with van der Waals surface area (Å²) in [6, 6.07) is 15.0. The first-order chi connectivity index (χ1) is 15.0. The average molecular weight is 457 g/mol. The maximum Gasteiger partial charge on any atom is 0.199 e. The van der Waals surface area contributed by atoms with E-state index < -0.39 is 0 Å². The predicted octanol–water partition coefficient (Wildman–Crippen LogP) is 4.83. The molecular formula is C23H25ClN4O2S. The number of carbonyl (C=O) groups is 1. The van der Waals surface area contributed by atoms with Crippen molar-refractivity contribution in [2.24, 2.45) is 13.0 Å². The summed E-state index contributed by atoms with van der Waals surface area (Å²) in [5.74, 6) is 1.83. The van der Waals surface area contributed by atoms with Crippen LogP contribution in [-0.2, 0) is 13.7 Å². The highest BCUT2D eigenvalue weighted by atomic mass is 35.5. The second kappa shape index (κ2) is 9.34. The van der Waals surface area contributed by atoms with Crippen molar-refractivity contribution in [2.45, 2.75) is 19.5 Å². The van der Waals surface area contributed by atoms with Gasteiger partial charge in [0.15, 0.2) is 16.4 Å². The van der Waals surface area contributed by atoms with E-state index in [4.69, 9.17) is 33.7 Å². The van der Waals surface area contributed by atoms with Gasteiger partial charge in [-0.15, -0.1) is 0 Å². The van der Waals surface area contributed by atoms with Gasteiger partial charge in [-0.1, -0.05) is 11.6 Å². The lowest BCUT2D eigenvalue weighted by molar-refractivity contribution is 0.0803. The number of hydrogen-bond acceptors (Lipinski definition) is 5. The molecule has 4 rings (SSSR count). The average Bonchev–Trinajstić information content (AvgIpc) is 3.08. The Morgan fingerprint density at radius 1 is 1.13 bits per heavy atom. The summed E-state index contributed by atoms with van der Waals surface area (Å²) in [5, 5.41) is 5.42. The van der Waals surface area contributed by atoms with Gasteiger partial charge in [0.25, 0.3) is 0 Å². The van der Waals surface area contributed by atoms with Gasteiger partial charge < -0.3 is 9.30 Å². The van der Waals surface area contributed by atoms with Gasteiger partial charge in [0.2, 0.25) is 0 Å². The van der Waals surface area contributed by atoms with Crippen molar-refractivity contribution in [3.05, 3.63) is 63.9 Å². The lowest BCUT2D eigenvalue weighted by atomic mass is 9.89. The van der Waals surface area contributed by atoms with E-state index in [0.29, 0.717) is 16.5 Å². The van der Waals surface area contributed by atoms with Gasteiger partial charge in [-0.05, 0) is 73.6 Å². The number of hydrogen-bond donors (Lipinski definition) is 0. The predicted molar refractivity (Wildman–Crippen MR) is 124 cm³/mol. The van der Waals surface area contributed by atoms with E-state index in [2.05, 4.69) is 4.90 Å². The number of Topliss-reactive ketones (excluding diaryl/α,β-unsaturated/α-hetero) is 1. The van der Waals surface area contributed by atoms with Crippen LogP contribution in [0.15, 0.2) is 48.5 Å². The number of ketones is 1. The number of benzene rings is 2. The van der Waals surface area contributed by atoms with Gasteiger partial charge in [-0.2, -0.15) is 5.10 Å². The Kier molecular flexibility index (Phi) is 6.55. The van der Waals surface area contributed by atoms with Crippen LogP contribution >= 0.6 is 23.8 Å². The molecule has 2 heterocycles. The van der Waals surface area contributed by atoms with E-state index in [9.17, 15) is 4.79 Å². The van der Waals surface area contributed by atoms with Gasteiger partial charge in [0.05, 0.1) is 13.8 Å². The molecule has 0 unspecified atom stereocenters. The zero-order chi connectivity index (χ0) is 22.0. The van der Waals surface area contributed by atoms with Crippen molar-refractivity contribution < 1.29 is 9.53 Å². The molecule has 0 aliphatic carbocycles. The highest BCUT2D eigenvalue weighted by molar-refractivity contribution is 7.71. The number of piperidine rings is 1. The monoisotopic (exact) mass is 456 g/mol. The standard InChI is InChI=1S/C23H25ClN4O2S/c1-26-22(18-3-7-19(24)8-4-18)25-28(23(26)31)15-27-13-11-17(12-14-27)21(29)16-5-9-20(30-2)10-6-16/h3-10,17H,11-15H2,1-2H3. The molecule has 1 fully saturated rings. The third-order valence-corrected chi connectivity index (χ3v) is 6.55. The maximum absolute atomic E-state index is 12.8. The van der Waals surface area contributed by atoms with Crippen LogP contribution in [0.25, 0.3) is 11.4 Å². The van der Waals surface area contributed by atoms with Crippen molar-refractivity contribution in [3.8, 4) is 17.1 Å². The number of carbonyl (C=O) groups excluding carboxylic acids is 1. The fourth-order valence-electron chi connectivity index (χ4n) is 3.95. The Labute approximate surface area is 192 Å². The number of rotatable bonds is 6. The van der Waals surface area contributed by atoms with E-state index >= 15 is 0 Å². The quantitative estimate of drug-likeness (QED) is 0.392. The van der Waals surface area contributed by atoms with Crippen LogP contribution in [0, 0.1) is 10.7 Å². The molecule has 0 bridgehead atoms. The summed E-state index contributed by atoms with van der Waals surface area (Å²) in [6.07, 6.45) is 1.66. The lowest BCUT2D eigenvalue weighted by Crippen LogP contribution is -2.37. The Balaban J connectivity index is 1.40. The Bertz CT molecular complexity index is 1110. The number of halogens is 1. The molecule has 0 spiro atoms. The van der Waals surface area contributed by atoms with Gasteiger partial charge in [-0.25, -0.2) is 4.68 Å². The molecule has 1 aliphatic rings. The zero-order valence-electron chi connectivity index (χ0n) is 17.6. The Morgan fingerprint density at radius 2 is 1.77 bits per heavy atom. The summed E-state index contributed by atoms with van der Waals surface area (Å²) in [4.78, 5) is 15.1. The molecule has 1 aliphatic heterocycles. The number of aromatic nitrogens is 3. The van der Waals surface area contributed by atoms with Crippen molar-refractivity contribution >= 4 is 29.6 Å². The first kappa shape index (κ1) is 21.7. The summed E-state index contributed by atoms with van der Waals surface area (Å²) in [5.41, 5.74) is 1.72. The van der Waals surface area contributed by atoms with Crippen LogP contribution in [0.4, 0.5) is 0 Å². The van der Waals surface area contributed by atoms with Crippen LogP contribution in [0.1, 0.15) is 23.2 Å². The second-order valence-electron chi connectivity index (χ2n) is 7.80. The smallest absolute Gasteiger partial charge is 0.199 e. The van der Waals surface area contributed by atoms with Gasteiger partial charge in [-0.3, -0.25) is 9.69 Å². The third kappa shape index (κ3) is 4.74. The summed E-state index contributed by atoms with van der Waals surface area (Å²) in [6.45, 7) is 2.28. The number of nitrogens with zero attached hydrogens (tertiary/aromatic N) is 4. The van der Waals surface area contributed by atoms with Crippen LogP contribution < -0.4 is 4.74 Å². The molecule has 1 saturated heterocycles. The Morgan fingerprint density at radius 3 is 2.39 bits per heavy atom. The zero-order valence-corrected chi connectivity index (χ0v) is 19.2. The molecule has 8 heteroatoms. The van der Waals surface area contributed by atoms with Crippen molar-refractivity contribution in [2.75, 3.05) is 20.2 Å². The molecule has 0 radical (unpaired) electrons. The van der Waals surface area contributed by atoms with Gasteiger partial charge in [0.1, 0.15) is 5.75 Å². The summed E-state index contributed by atoms with van der Waals surface area (Å²) < 4.78 is 9.61. The minimum atomic E-state index is 0.0472. The molecule has 2 aromatic carbocycles. The van der Waals surface area contributed by atoms with Crippen molar-refractivity contribution in [1.29, 1.82) is 0 Å². The normalized spacial score (nSPS) is 15.2. The minimum Gasteiger partial charge on any atom is -0.497 e. The fourth-order valence-corrected chi connectivity index (χ4v) is 4.26. The molecule has 6 nitrogen and oxygen atoms in total. The summed E-state index contributed by atoms with van der Waals surface area (Å²) in [7, 11) is 3.55. The van der Waals surface area contributed by atoms with Crippen LogP contribution in [-0.4, -0.2) is 45.2 Å². The van der Waals surface area contributed by atoms with E-state index in [1.807, 2.05) is 64.8 Å². The van der Waals surface area contributed by atoms with Crippen LogP contribution in [0.3, 0.4) is 0 Å². The molecule has 1 aromatic heterocycles. The highest BCUT2D eigenvalue weighted by Crippen LogP contribution is 2.24. The van der Waals surface area contributed by atoms with E-state index in [1.165, 1.54) is 0 Å². The maximum atomic E-state index is 12.8. The van der Waals surface area contributed by atoms with E-state index in [-0.39, 0.29) is 11.7 Å². The first-order valence-electron chi connectivity index (χ1n) is 10.3. The SMILES string of the molecule is COc1ccc(C(=O)C2CCN(Cn3nc(-c4ccc(Cl)cc4)n(C)c3=S)CC2)cc1. The molecule has 3 aromatic rings. The van der Waals surface area contributed by atoms with E-state index in [1.54, 1.807) is 7.11 Å². The van der Waals surface area contributed by atoms with Gasteiger partial charge in [0, 0.05) is 42.2 Å². The topological polar surface area (TPSA) is 52.3 Å². The lowest BCUT2D eigenvalue weighted by Gasteiger charge is -2.30. The molecule has 0 amide bonds. The molecule has 31 heavy (non-hydrogen) atoms. The fraction of sp³-hybridized carbons (Fsp3) is 0.348. The van der Waals surface area contributed by atoms with Crippen molar-refractivity contribution in [1.82, 2.24) is 19.2 Å². The number of likely N-dealkylation sites (tertiary alicyclic amines) is 1. The third-order valence-electron chi connectivity index (χ3n) is 5.81. The molecule has 0 saturated carbocycles. The minimum absolute atomic E-state index is 0.0472. The van der Waals surface area contributed by atoms with Crippen molar-refractivity contribution in [3.63, 3.8) is 0 Å². The largest absolute Gasteiger partial charge is 0.497 e.